The maximum atomic E-state index is 2.45. The van der Waals surface area contributed by atoms with E-state index in [9.17, 15) is 0 Å². The van der Waals surface area contributed by atoms with Gasteiger partial charge in [-0.2, -0.15) is 0 Å². The van der Waals surface area contributed by atoms with E-state index in [1.807, 2.05) is 0 Å². The molecule has 0 fully saturated rings. The smallest absolute Gasteiger partial charge is 0.0200 e. The van der Waals surface area contributed by atoms with E-state index < -0.39 is 0 Å². The minimum Gasteiger partial charge on any atom is -0.0671 e. The predicted octanol–water partition coefficient (Wildman–Crippen LogP) is 8.20. The first-order valence-corrected chi connectivity index (χ1v) is 10.2. The van der Waals surface area contributed by atoms with Gasteiger partial charge in [0.05, 0.1) is 0 Å². The van der Waals surface area contributed by atoms with Gasteiger partial charge in [0, 0.05) is 0 Å². The van der Waals surface area contributed by atoms with Crippen LogP contribution in [0.2, 0.25) is 0 Å². The monoisotopic (exact) mass is 326 g/mol. The van der Waals surface area contributed by atoms with Crippen LogP contribution in [0.4, 0.5) is 0 Å². The standard InChI is InChI=1S/C24H38/c1-5-8-14-23(15-9-6-2)24(16-10-7-3)20-19-21(4)22-17-12-11-13-18-22/h11-13,17-20,23H,5-10,14-16H2,1-4H3. The third kappa shape index (κ3) is 7.99. The number of rotatable bonds is 12. The number of hydrogen-bond acceptors (Lipinski definition) is 0. The Balaban J connectivity index is 2.93. The van der Waals surface area contributed by atoms with Crippen LogP contribution >= 0.6 is 0 Å². The van der Waals surface area contributed by atoms with E-state index in [4.69, 9.17) is 0 Å². The van der Waals surface area contributed by atoms with Gasteiger partial charge in [-0.05, 0) is 49.7 Å². The summed E-state index contributed by atoms with van der Waals surface area (Å²) in [6, 6.07) is 10.7. The first-order valence-electron chi connectivity index (χ1n) is 10.2. The average Bonchev–Trinajstić information content (AvgIpc) is 2.63. The maximum absolute atomic E-state index is 2.45. The fourth-order valence-electron chi connectivity index (χ4n) is 3.25. The summed E-state index contributed by atoms with van der Waals surface area (Å²) in [6.45, 7) is 9.16. The van der Waals surface area contributed by atoms with Gasteiger partial charge in [-0.25, -0.2) is 0 Å². The molecule has 134 valence electrons. The Morgan fingerprint density at radius 1 is 0.833 bits per heavy atom. The highest BCUT2D eigenvalue weighted by Crippen LogP contribution is 2.28. The Morgan fingerprint density at radius 3 is 1.96 bits per heavy atom. The number of benzene rings is 1. The second-order valence-electron chi connectivity index (χ2n) is 7.04. The molecule has 0 heterocycles. The van der Waals surface area contributed by atoms with Crippen molar-refractivity contribution in [1.29, 1.82) is 0 Å². The number of allylic oxidation sites excluding steroid dienone is 4. The van der Waals surface area contributed by atoms with E-state index in [1.165, 1.54) is 68.9 Å². The van der Waals surface area contributed by atoms with E-state index >= 15 is 0 Å². The van der Waals surface area contributed by atoms with E-state index in [0.29, 0.717) is 0 Å². The molecule has 0 unspecified atom stereocenters. The molecule has 0 bridgehead atoms. The molecule has 0 atom stereocenters. The summed E-state index contributed by atoms with van der Waals surface area (Å²) >= 11 is 0. The quantitative estimate of drug-likeness (QED) is 0.339. The SMILES string of the molecule is CCCCC(=CC=C(C)c1ccccc1)C(CCCC)CCCC. The van der Waals surface area contributed by atoms with Crippen molar-refractivity contribution in [2.45, 2.75) is 85.5 Å². The predicted molar refractivity (Wildman–Crippen MR) is 110 cm³/mol. The highest BCUT2D eigenvalue weighted by Gasteiger charge is 2.13. The summed E-state index contributed by atoms with van der Waals surface area (Å²) in [5, 5.41) is 0. The van der Waals surface area contributed by atoms with Gasteiger partial charge in [0.1, 0.15) is 0 Å². The molecule has 1 rings (SSSR count). The van der Waals surface area contributed by atoms with Crippen LogP contribution in [0.1, 0.15) is 91.0 Å². The van der Waals surface area contributed by atoms with E-state index in [1.54, 1.807) is 5.57 Å². The molecule has 0 spiro atoms. The third-order valence-corrected chi connectivity index (χ3v) is 4.93. The maximum Gasteiger partial charge on any atom is -0.0200 e. The molecular formula is C24H38. The van der Waals surface area contributed by atoms with Gasteiger partial charge in [-0.1, -0.05) is 101 Å². The zero-order chi connectivity index (χ0) is 17.6. The average molecular weight is 327 g/mol. The minimum absolute atomic E-state index is 0.788. The van der Waals surface area contributed by atoms with Crippen LogP contribution in [-0.4, -0.2) is 0 Å². The van der Waals surface area contributed by atoms with Crippen LogP contribution in [0.5, 0.6) is 0 Å². The first kappa shape index (κ1) is 20.7. The van der Waals surface area contributed by atoms with Crippen LogP contribution in [0, 0.1) is 5.92 Å². The fraction of sp³-hybridized carbons (Fsp3) is 0.583. The zero-order valence-electron chi connectivity index (χ0n) is 16.5. The minimum atomic E-state index is 0.788. The topological polar surface area (TPSA) is 0 Å². The van der Waals surface area contributed by atoms with Crippen molar-refractivity contribution in [2.24, 2.45) is 5.92 Å². The lowest BCUT2D eigenvalue weighted by molar-refractivity contribution is 0.460. The molecule has 0 aromatic heterocycles. The van der Waals surface area contributed by atoms with Gasteiger partial charge in [0.25, 0.3) is 0 Å². The lowest BCUT2D eigenvalue weighted by atomic mass is 9.85. The van der Waals surface area contributed by atoms with E-state index in [0.717, 1.165) is 5.92 Å². The van der Waals surface area contributed by atoms with Gasteiger partial charge < -0.3 is 0 Å². The van der Waals surface area contributed by atoms with E-state index in [-0.39, 0.29) is 0 Å². The summed E-state index contributed by atoms with van der Waals surface area (Å²) in [5.74, 6) is 0.788. The molecular weight excluding hydrogens is 288 g/mol. The van der Waals surface area contributed by atoms with Crippen molar-refractivity contribution in [3.63, 3.8) is 0 Å². The molecule has 1 aromatic carbocycles. The van der Waals surface area contributed by atoms with Crippen LogP contribution in [0.15, 0.2) is 48.1 Å². The number of unbranched alkanes of at least 4 members (excludes halogenated alkanes) is 3. The van der Waals surface area contributed by atoms with Crippen molar-refractivity contribution in [3.8, 4) is 0 Å². The van der Waals surface area contributed by atoms with Crippen molar-refractivity contribution in [3.05, 3.63) is 53.6 Å². The van der Waals surface area contributed by atoms with E-state index in [2.05, 4.69) is 70.2 Å². The van der Waals surface area contributed by atoms with Gasteiger partial charge in [-0.3, -0.25) is 0 Å². The van der Waals surface area contributed by atoms with Crippen molar-refractivity contribution >= 4 is 5.57 Å². The van der Waals surface area contributed by atoms with Crippen LogP contribution in [0.25, 0.3) is 5.57 Å². The number of hydrogen-bond donors (Lipinski definition) is 0. The Labute approximate surface area is 151 Å². The van der Waals surface area contributed by atoms with Gasteiger partial charge >= 0.3 is 0 Å². The first-order chi connectivity index (χ1) is 11.7. The summed E-state index contributed by atoms with van der Waals surface area (Å²) in [6.07, 6.45) is 16.7. The Morgan fingerprint density at radius 2 is 1.42 bits per heavy atom. The Kier molecular flexibility index (Phi) is 11.3. The third-order valence-electron chi connectivity index (χ3n) is 4.93. The second kappa shape index (κ2) is 13.0. The highest BCUT2D eigenvalue weighted by atomic mass is 14.2. The van der Waals surface area contributed by atoms with Crippen LogP contribution in [0.3, 0.4) is 0 Å². The molecule has 0 radical (unpaired) electrons. The Hall–Kier alpha value is -1.30. The normalized spacial score (nSPS) is 12.9. The molecule has 0 saturated heterocycles. The summed E-state index contributed by atoms with van der Waals surface area (Å²) < 4.78 is 0. The Bertz CT molecular complexity index is 470. The molecule has 0 saturated carbocycles. The van der Waals surface area contributed by atoms with Crippen LogP contribution < -0.4 is 0 Å². The molecule has 0 aliphatic rings. The molecule has 24 heavy (non-hydrogen) atoms. The van der Waals surface area contributed by atoms with Gasteiger partial charge in [0.2, 0.25) is 0 Å². The molecule has 0 amide bonds. The molecule has 0 N–H and O–H groups in total. The lowest BCUT2D eigenvalue weighted by Gasteiger charge is -2.20. The fourth-order valence-corrected chi connectivity index (χ4v) is 3.25. The molecule has 0 aliphatic carbocycles. The largest absolute Gasteiger partial charge is 0.0671 e. The molecule has 0 heteroatoms. The summed E-state index contributed by atoms with van der Waals surface area (Å²) in [4.78, 5) is 0. The van der Waals surface area contributed by atoms with Gasteiger partial charge in [-0.15, -0.1) is 0 Å². The molecule has 0 nitrogen and oxygen atoms in total. The molecule has 1 aromatic rings. The van der Waals surface area contributed by atoms with Crippen molar-refractivity contribution < 1.29 is 0 Å². The zero-order valence-corrected chi connectivity index (χ0v) is 16.5. The summed E-state index contributed by atoms with van der Waals surface area (Å²) in [7, 11) is 0. The van der Waals surface area contributed by atoms with Crippen molar-refractivity contribution in [1.82, 2.24) is 0 Å². The second-order valence-corrected chi connectivity index (χ2v) is 7.04. The lowest BCUT2D eigenvalue weighted by Crippen LogP contribution is -2.05. The highest BCUT2D eigenvalue weighted by molar-refractivity contribution is 5.65. The summed E-state index contributed by atoms with van der Waals surface area (Å²) in [5.41, 5.74) is 4.39. The molecule has 0 aliphatic heterocycles. The van der Waals surface area contributed by atoms with Gasteiger partial charge in [0.15, 0.2) is 0 Å². The van der Waals surface area contributed by atoms with Crippen molar-refractivity contribution in [2.75, 3.05) is 0 Å². The van der Waals surface area contributed by atoms with Crippen LogP contribution in [-0.2, 0) is 0 Å².